The van der Waals surface area contributed by atoms with Gasteiger partial charge in [0.1, 0.15) is 5.82 Å². The molecule has 4 nitrogen and oxygen atoms in total. The van der Waals surface area contributed by atoms with Crippen LogP contribution in [-0.4, -0.2) is 21.1 Å². The number of pyridine rings is 1. The lowest BCUT2D eigenvalue weighted by atomic mass is 10.2. The Balaban J connectivity index is 1.73. The number of hydrogen-bond donors (Lipinski definition) is 1. The van der Waals surface area contributed by atoms with Crippen LogP contribution in [-0.2, 0) is 19.5 Å². The van der Waals surface area contributed by atoms with Crippen LogP contribution in [0.1, 0.15) is 18.3 Å². The van der Waals surface area contributed by atoms with Crippen molar-refractivity contribution >= 4 is 0 Å². The number of nitrogens with one attached hydrogen (secondary N) is 1. The highest BCUT2D eigenvalue weighted by Crippen LogP contribution is 1.98. The first kappa shape index (κ1) is 11.8. The molecule has 0 aliphatic carbocycles. The summed E-state index contributed by atoms with van der Waals surface area (Å²) in [6, 6.07) is 4.10. The van der Waals surface area contributed by atoms with E-state index in [1.807, 2.05) is 24.8 Å². The Kier molecular flexibility index (Phi) is 4.27. The minimum atomic E-state index is 0.825. The molecule has 0 unspecified atom stereocenters. The minimum absolute atomic E-state index is 0.825. The molecule has 2 aromatic heterocycles. The lowest BCUT2D eigenvalue weighted by molar-refractivity contribution is 0.613. The highest BCUT2D eigenvalue weighted by Gasteiger charge is 1.99. The molecular formula is C13H18N4. The molecule has 2 rings (SSSR count). The predicted molar refractivity (Wildman–Crippen MR) is 67.5 cm³/mol. The van der Waals surface area contributed by atoms with E-state index in [1.54, 1.807) is 0 Å². The predicted octanol–water partition coefficient (Wildman–Crippen LogP) is 1.63. The van der Waals surface area contributed by atoms with Gasteiger partial charge in [-0.3, -0.25) is 4.98 Å². The Bertz CT molecular complexity index is 436. The molecule has 0 saturated heterocycles. The Hall–Kier alpha value is -1.68. The largest absolute Gasteiger partial charge is 0.334 e. The Morgan fingerprint density at radius 3 is 2.82 bits per heavy atom. The Labute approximate surface area is 102 Å². The molecule has 0 bridgehead atoms. The van der Waals surface area contributed by atoms with Gasteiger partial charge in [-0.15, -0.1) is 0 Å². The first-order chi connectivity index (χ1) is 8.40. The summed E-state index contributed by atoms with van der Waals surface area (Å²) in [5.74, 6) is 1.10. The number of nitrogens with zero attached hydrogens (tertiary/aromatic N) is 3. The van der Waals surface area contributed by atoms with Gasteiger partial charge in [0.25, 0.3) is 0 Å². The van der Waals surface area contributed by atoms with Crippen LogP contribution in [0.25, 0.3) is 0 Å². The number of aromatic nitrogens is 3. The molecule has 0 aromatic carbocycles. The van der Waals surface area contributed by atoms with Gasteiger partial charge < -0.3 is 9.88 Å². The van der Waals surface area contributed by atoms with E-state index in [-0.39, 0.29) is 0 Å². The Morgan fingerprint density at radius 2 is 2.06 bits per heavy atom. The van der Waals surface area contributed by atoms with Crippen molar-refractivity contribution in [3.05, 3.63) is 48.3 Å². The molecule has 4 heteroatoms. The van der Waals surface area contributed by atoms with Crippen LogP contribution in [0.3, 0.4) is 0 Å². The molecule has 0 radical (unpaired) electrons. The van der Waals surface area contributed by atoms with E-state index < -0.39 is 0 Å². The lowest BCUT2D eigenvalue weighted by Crippen LogP contribution is -2.19. The molecule has 1 N–H and O–H groups in total. The minimum Gasteiger partial charge on any atom is -0.334 e. The van der Waals surface area contributed by atoms with Crippen LogP contribution in [0.4, 0.5) is 0 Å². The normalized spacial score (nSPS) is 10.6. The van der Waals surface area contributed by atoms with Crippen LogP contribution in [0.5, 0.6) is 0 Å². The zero-order valence-corrected chi connectivity index (χ0v) is 10.1. The summed E-state index contributed by atoms with van der Waals surface area (Å²) < 4.78 is 2.15. The average Bonchev–Trinajstić information content (AvgIpc) is 2.83. The van der Waals surface area contributed by atoms with Gasteiger partial charge in [0.2, 0.25) is 0 Å². The van der Waals surface area contributed by atoms with Crippen molar-refractivity contribution in [2.45, 2.75) is 26.4 Å². The molecule has 90 valence electrons. The molecule has 0 fully saturated rings. The third kappa shape index (κ3) is 3.39. The summed E-state index contributed by atoms with van der Waals surface area (Å²) in [5.41, 5.74) is 1.31. The SMILES string of the molecule is CCn1ccnc1CNCCc1ccncc1. The quantitative estimate of drug-likeness (QED) is 0.767. The maximum Gasteiger partial charge on any atom is 0.122 e. The fourth-order valence-corrected chi connectivity index (χ4v) is 1.78. The van der Waals surface area contributed by atoms with Crippen molar-refractivity contribution in [3.63, 3.8) is 0 Å². The smallest absolute Gasteiger partial charge is 0.122 e. The van der Waals surface area contributed by atoms with Crippen LogP contribution in [0.2, 0.25) is 0 Å². The van der Waals surface area contributed by atoms with Gasteiger partial charge in [-0.2, -0.15) is 0 Å². The fourth-order valence-electron chi connectivity index (χ4n) is 1.78. The molecule has 2 heterocycles. The molecule has 0 amide bonds. The first-order valence-electron chi connectivity index (χ1n) is 5.99. The van der Waals surface area contributed by atoms with Crippen molar-refractivity contribution in [3.8, 4) is 0 Å². The highest BCUT2D eigenvalue weighted by molar-refractivity contribution is 5.09. The summed E-state index contributed by atoms with van der Waals surface area (Å²) in [7, 11) is 0. The molecule has 2 aromatic rings. The standard InChI is InChI=1S/C13H18N4/c1-2-17-10-9-16-13(17)11-15-8-5-12-3-6-14-7-4-12/h3-4,6-7,9-10,15H,2,5,8,11H2,1H3. The summed E-state index contributed by atoms with van der Waals surface area (Å²) in [6.45, 7) is 4.88. The van der Waals surface area contributed by atoms with Crippen LogP contribution in [0.15, 0.2) is 36.9 Å². The van der Waals surface area contributed by atoms with Gasteiger partial charge in [-0.1, -0.05) is 0 Å². The highest BCUT2D eigenvalue weighted by atomic mass is 15.1. The average molecular weight is 230 g/mol. The van der Waals surface area contributed by atoms with Crippen molar-refractivity contribution in [1.82, 2.24) is 19.9 Å². The van der Waals surface area contributed by atoms with Crippen LogP contribution < -0.4 is 5.32 Å². The molecular weight excluding hydrogens is 212 g/mol. The zero-order valence-electron chi connectivity index (χ0n) is 10.1. The Morgan fingerprint density at radius 1 is 1.24 bits per heavy atom. The van der Waals surface area contributed by atoms with Crippen molar-refractivity contribution in [2.24, 2.45) is 0 Å². The third-order valence-electron chi connectivity index (χ3n) is 2.77. The van der Waals surface area contributed by atoms with Gasteiger partial charge in [0.05, 0.1) is 6.54 Å². The summed E-state index contributed by atoms with van der Waals surface area (Å²) >= 11 is 0. The van der Waals surface area contributed by atoms with Gasteiger partial charge in [-0.25, -0.2) is 4.98 Å². The van der Waals surface area contributed by atoms with Gasteiger partial charge in [0.15, 0.2) is 0 Å². The van der Waals surface area contributed by atoms with E-state index in [0.29, 0.717) is 0 Å². The summed E-state index contributed by atoms with van der Waals surface area (Å²) in [6.07, 6.45) is 8.55. The third-order valence-corrected chi connectivity index (χ3v) is 2.77. The molecule has 17 heavy (non-hydrogen) atoms. The maximum atomic E-state index is 4.32. The number of rotatable bonds is 6. The van der Waals surface area contributed by atoms with E-state index >= 15 is 0 Å². The molecule has 0 spiro atoms. The van der Waals surface area contributed by atoms with Crippen molar-refractivity contribution in [2.75, 3.05) is 6.54 Å². The van der Waals surface area contributed by atoms with Crippen LogP contribution in [0, 0.1) is 0 Å². The monoisotopic (exact) mass is 230 g/mol. The van der Waals surface area contributed by atoms with E-state index in [9.17, 15) is 0 Å². The topological polar surface area (TPSA) is 42.7 Å². The molecule has 0 atom stereocenters. The number of hydrogen-bond acceptors (Lipinski definition) is 3. The summed E-state index contributed by atoms with van der Waals surface area (Å²) in [4.78, 5) is 8.33. The molecule has 0 saturated carbocycles. The second kappa shape index (κ2) is 6.15. The van der Waals surface area contributed by atoms with Crippen molar-refractivity contribution < 1.29 is 0 Å². The second-order valence-corrected chi connectivity index (χ2v) is 3.91. The van der Waals surface area contributed by atoms with E-state index in [1.165, 1.54) is 5.56 Å². The molecule has 0 aliphatic rings. The van der Waals surface area contributed by atoms with E-state index in [2.05, 4.69) is 38.9 Å². The zero-order chi connectivity index (χ0) is 11.9. The number of imidazole rings is 1. The summed E-state index contributed by atoms with van der Waals surface area (Å²) in [5, 5.41) is 3.41. The van der Waals surface area contributed by atoms with E-state index in [4.69, 9.17) is 0 Å². The van der Waals surface area contributed by atoms with E-state index in [0.717, 1.165) is 31.9 Å². The van der Waals surface area contributed by atoms with Crippen molar-refractivity contribution in [1.29, 1.82) is 0 Å². The second-order valence-electron chi connectivity index (χ2n) is 3.91. The maximum absolute atomic E-state index is 4.32. The van der Waals surface area contributed by atoms with Crippen LogP contribution >= 0.6 is 0 Å². The first-order valence-corrected chi connectivity index (χ1v) is 5.99. The molecule has 0 aliphatic heterocycles. The fraction of sp³-hybridized carbons (Fsp3) is 0.385. The van der Waals surface area contributed by atoms with Gasteiger partial charge >= 0.3 is 0 Å². The van der Waals surface area contributed by atoms with Gasteiger partial charge in [0, 0.05) is 31.3 Å². The van der Waals surface area contributed by atoms with Gasteiger partial charge in [-0.05, 0) is 37.6 Å². The lowest BCUT2D eigenvalue weighted by Gasteiger charge is -2.06. The number of aryl methyl sites for hydroxylation is 1.